The third-order valence-corrected chi connectivity index (χ3v) is 5.21. The summed E-state index contributed by atoms with van der Waals surface area (Å²) in [4.78, 5) is 28.6. The SMILES string of the molecule is N#CCN1CCC(N2C(=O)CC3(CCCC3)C2=O)CC1. The Hall–Kier alpha value is -1.41. The van der Waals surface area contributed by atoms with Gasteiger partial charge in [-0.3, -0.25) is 19.4 Å². The smallest absolute Gasteiger partial charge is 0.236 e. The number of likely N-dealkylation sites (tertiary alicyclic amines) is 2. The fraction of sp³-hybridized carbons (Fsp3) is 0.800. The molecule has 2 amide bonds. The van der Waals surface area contributed by atoms with Crippen LogP contribution in [0.15, 0.2) is 0 Å². The van der Waals surface area contributed by atoms with Gasteiger partial charge >= 0.3 is 0 Å². The molecule has 0 aromatic carbocycles. The summed E-state index contributed by atoms with van der Waals surface area (Å²) in [6.07, 6.45) is 6.00. The van der Waals surface area contributed by atoms with Gasteiger partial charge in [-0.25, -0.2) is 0 Å². The lowest BCUT2D eigenvalue weighted by atomic mass is 9.84. The van der Waals surface area contributed by atoms with Crippen molar-refractivity contribution in [3.8, 4) is 6.07 Å². The third-order valence-electron chi connectivity index (χ3n) is 5.21. The van der Waals surface area contributed by atoms with E-state index in [1.54, 1.807) is 4.90 Å². The van der Waals surface area contributed by atoms with E-state index in [1.165, 1.54) is 0 Å². The van der Waals surface area contributed by atoms with Crippen molar-refractivity contribution in [3.63, 3.8) is 0 Å². The molecule has 1 aliphatic carbocycles. The van der Waals surface area contributed by atoms with Gasteiger partial charge in [0.1, 0.15) is 0 Å². The normalized spacial score (nSPS) is 27.4. The summed E-state index contributed by atoms with van der Waals surface area (Å²) in [5.41, 5.74) is -0.346. The van der Waals surface area contributed by atoms with Gasteiger partial charge in [0.15, 0.2) is 0 Å². The molecule has 1 spiro atoms. The minimum atomic E-state index is -0.346. The van der Waals surface area contributed by atoms with Crippen molar-refractivity contribution >= 4 is 11.8 Å². The molecule has 2 aliphatic heterocycles. The zero-order valence-corrected chi connectivity index (χ0v) is 11.8. The first-order chi connectivity index (χ1) is 9.66. The van der Waals surface area contributed by atoms with Crippen LogP contribution in [0.4, 0.5) is 0 Å². The molecule has 0 radical (unpaired) electrons. The summed E-state index contributed by atoms with van der Waals surface area (Å²) in [5.74, 6) is 0.134. The number of nitrogens with zero attached hydrogens (tertiary/aromatic N) is 3. The molecule has 0 aromatic rings. The van der Waals surface area contributed by atoms with E-state index in [0.29, 0.717) is 13.0 Å². The molecule has 3 fully saturated rings. The Bertz CT molecular complexity index is 454. The van der Waals surface area contributed by atoms with Crippen molar-refractivity contribution in [1.82, 2.24) is 9.80 Å². The molecule has 0 N–H and O–H groups in total. The molecule has 20 heavy (non-hydrogen) atoms. The van der Waals surface area contributed by atoms with E-state index in [4.69, 9.17) is 5.26 Å². The number of rotatable bonds is 2. The van der Waals surface area contributed by atoms with E-state index in [-0.39, 0.29) is 23.3 Å². The average Bonchev–Trinajstić information content (AvgIpc) is 2.99. The van der Waals surface area contributed by atoms with Crippen LogP contribution >= 0.6 is 0 Å². The van der Waals surface area contributed by atoms with Crippen LogP contribution in [-0.2, 0) is 9.59 Å². The maximum atomic E-state index is 12.7. The lowest BCUT2D eigenvalue weighted by molar-refractivity contribution is -0.145. The van der Waals surface area contributed by atoms with Crippen molar-refractivity contribution in [3.05, 3.63) is 0 Å². The van der Waals surface area contributed by atoms with E-state index < -0.39 is 0 Å². The molecular weight excluding hydrogens is 254 g/mol. The van der Waals surface area contributed by atoms with Crippen LogP contribution < -0.4 is 0 Å². The van der Waals surface area contributed by atoms with Crippen LogP contribution in [0.25, 0.3) is 0 Å². The van der Waals surface area contributed by atoms with Crippen LogP contribution in [0.1, 0.15) is 44.9 Å². The van der Waals surface area contributed by atoms with Crippen molar-refractivity contribution < 1.29 is 9.59 Å². The first kappa shape index (κ1) is 13.6. The summed E-state index contributed by atoms with van der Waals surface area (Å²) in [6, 6.07) is 2.22. The fourth-order valence-electron chi connectivity index (χ4n) is 4.07. The van der Waals surface area contributed by atoms with E-state index in [9.17, 15) is 9.59 Å². The van der Waals surface area contributed by atoms with Gasteiger partial charge in [-0.15, -0.1) is 0 Å². The van der Waals surface area contributed by atoms with Gasteiger partial charge in [-0.05, 0) is 25.7 Å². The van der Waals surface area contributed by atoms with Gasteiger partial charge < -0.3 is 0 Å². The van der Waals surface area contributed by atoms with E-state index in [0.717, 1.165) is 51.6 Å². The molecule has 5 heteroatoms. The predicted octanol–water partition coefficient (Wildman–Crippen LogP) is 1.29. The van der Waals surface area contributed by atoms with Crippen molar-refractivity contribution in [2.45, 2.75) is 51.0 Å². The second kappa shape index (κ2) is 5.17. The number of imide groups is 1. The zero-order chi connectivity index (χ0) is 14.2. The molecule has 3 aliphatic rings. The lowest BCUT2D eigenvalue weighted by Crippen LogP contribution is -2.48. The van der Waals surface area contributed by atoms with Gasteiger partial charge in [-0.1, -0.05) is 12.8 Å². The largest absolute Gasteiger partial charge is 0.290 e. The van der Waals surface area contributed by atoms with Crippen molar-refractivity contribution in [1.29, 1.82) is 5.26 Å². The molecule has 3 rings (SSSR count). The summed E-state index contributed by atoms with van der Waals surface area (Å²) in [5, 5.41) is 8.71. The quantitative estimate of drug-likeness (QED) is 0.563. The van der Waals surface area contributed by atoms with Crippen LogP contribution in [-0.4, -0.2) is 47.3 Å². The highest BCUT2D eigenvalue weighted by atomic mass is 16.2. The van der Waals surface area contributed by atoms with Crippen LogP contribution in [0.2, 0.25) is 0 Å². The molecule has 1 saturated carbocycles. The van der Waals surface area contributed by atoms with E-state index in [1.807, 2.05) is 0 Å². The number of nitriles is 1. The summed E-state index contributed by atoms with van der Waals surface area (Å²) >= 11 is 0. The fourth-order valence-corrected chi connectivity index (χ4v) is 4.07. The summed E-state index contributed by atoms with van der Waals surface area (Å²) in [6.45, 7) is 2.06. The number of carbonyl (C=O) groups excluding carboxylic acids is 2. The first-order valence-electron chi connectivity index (χ1n) is 7.62. The van der Waals surface area contributed by atoms with Crippen LogP contribution in [0.5, 0.6) is 0 Å². The molecule has 108 valence electrons. The lowest BCUT2D eigenvalue weighted by Gasteiger charge is -2.35. The van der Waals surface area contributed by atoms with Gasteiger partial charge in [-0.2, -0.15) is 5.26 Å². The van der Waals surface area contributed by atoms with Gasteiger partial charge in [0.2, 0.25) is 11.8 Å². The predicted molar refractivity (Wildman–Crippen MR) is 72.4 cm³/mol. The highest BCUT2D eigenvalue weighted by Crippen LogP contribution is 2.47. The van der Waals surface area contributed by atoms with Gasteiger partial charge in [0, 0.05) is 25.6 Å². The van der Waals surface area contributed by atoms with Gasteiger partial charge in [0.05, 0.1) is 18.0 Å². The Kier molecular flexibility index (Phi) is 3.51. The highest BCUT2D eigenvalue weighted by Gasteiger charge is 2.54. The molecule has 0 bridgehead atoms. The minimum absolute atomic E-state index is 0.0376. The molecule has 2 heterocycles. The number of hydrogen-bond acceptors (Lipinski definition) is 4. The first-order valence-corrected chi connectivity index (χ1v) is 7.62. The molecule has 0 unspecified atom stereocenters. The monoisotopic (exact) mass is 275 g/mol. The van der Waals surface area contributed by atoms with Crippen LogP contribution in [0.3, 0.4) is 0 Å². The molecule has 0 aromatic heterocycles. The topological polar surface area (TPSA) is 64.4 Å². The van der Waals surface area contributed by atoms with Crippen LogP contribution in [0, 0.1) is 16.7 Å². The third kappa shape index (κ3) is 2.12. The Morgan fingerprint density at radius 2 is 1.85 bits per heavy atom. The van der Waals surface area contributed by atoms with Crippen molar-refractivity contribution in [2.75, 3.05) is 19.6 Å². The van der Waals surface area contributed by atoms with Gasteiger partial charge in [0.25, 0.3) is 0 Å². The number of amides is 2. The molecule has 5 nitrogen and oxygen atoms in total. The summed E-state index contributed by atoms with van der Waals surface area (Å²) in [7, 11) is 0. The minimum Gasteiger partial charge on any atom is -0.290 e. The number of hydrogen-bond donors (Lipinski definition) is 0. The summed E-state index contributed by atoms with van der Waals surface area (Å²) < 4.78 is 0. The Morgan fingerprint density at radius 3 is 2.45 bits per heavy atom. The van der Waals surface area contributed by atoms with E-state index in [2.05, 4.69) is 11.0 Å². The Labute approximate surface area is 119 Å². The van der Waals surface area contributed by atoms with Crippen molar-refractivity contribution in [2.24, 2.45) is 5.41 Å². The second-order valence-electron chi connectivity index (χ2n) is 6.40. The Morgan fingerprint density at radius 1 is 1.20 bits per heavy atom. The maximum Gasteiger partial charge on any atom is 0.236 e. The molecular formula is C15H21N3O2. The average molecular weight is 275 g/mol. The zero-order valence-electron chi connectivity index (χ0n) is 11.8. The number of piperidine rings is 1. The standard InChI is InChI=1S/C15H21N3O2/c16-7-10-17-8-3-12(4-9-17)18-13(19)11-15(14(18)20)5-1-2-6-15/h12H,1-6,8-11H2. The highest BCUT2D eigenvalue weighted by molar-refractivity contribution is 6.06. The maximum absolute atomic E-state index is 12.7. The van der Waals surface area contributed by atoms with E-state index >= 15 is 0 Å². The second-order valence-corrected chi connectivity index (χ2v) is 6.40. The molecule has 2 saturated heterocycles. The number of carbonyl (C=O) groups is 2. The Balaban J connectivity index is 1.68. The molecule has 0 atom stereocenters.